The number of hydrogen-bond acceptors (Lipinski definition) is 3. The third kappa shape index (κ3) is 4.82. The van der Waals surface area contributed by atoms with Crippen molar-refractivity contribution >= 4 is 28.8 Å². The third-order valence-corrected chi connectivity index (χ3v) is 4.90. The monoisotopic (exact) mass is 336 g/mol. The maximum absolute atomic E-state index is 11.8. The van der Waals surface area contributed by atoms with Crippen molar-refractivity contribution < 1.29 is 4.79 Å². The van der Waals surface area contributed by atoms with Crippen molar-refractivity contribution in [1.82, 2.24) is 10.3 Å². The molecule has 0 aliphatic carbocycles. The number of nitrogens with one attached hydrogen (secondary N) is 1. The first-order valence-corrected chi connectivity index (χ1v) is 8.78. The van der Waals surface area contributed by atoms with E-state index in [1.807, 2.05) is 31.2 Å². The number of nitrogens with zero attached hydrogens (tertiary/aromatic N) is 1. The summed E-state index contributed by atoms with van der Waals surface area (Å²) in [5, 5.41) is 4.66. The highest BCUT2D eigenvalue weighted by Crippen LogP contribution is 2.28. The molecule has 2 aromatic rings. The summed E-state index contributed by atoms with van der Waals surface area (Å²) in [5.41, 5.74) is 2.03. The van der Waals surface area contributed by atoms with Crippen LogP contribution < -0.4 is 5.32 Å². The largest absolute Gasteiger partial charge is 0.351 e. The van der Waals surface area contributed by atoms with Gasteiger partial charge in [-0.3, -0.25) is 4.79 Å². The zero-order valence-corrected chi connectivity index (χ0v) is 14.6. The number of aryl methyl sites for hydroxylation is 1. The normalized spacial score (nSPS) is 10.7. The van der Waals surface area contributed by atoms with Gasteiger partial charge in [-0.05, 0) is 25.5 Å². The molecule has 1 aromatic heterocycles. The fourth-order valence-corrected chi connectivity index (χ4v) is 3.24. The highest BCUT2D eigenvalue weighted by molar-refractivity contribution is 7.15. The van der Waals surface area contributed by atoms with Gasteiger partial charge in [-0.15, -0.1) is 11.3 Å². The summed E-state index contributed by atoms with van der Waals surface area (Å²) in [6.07, 6.45) is 3.80. The van der Waals surface area contributed by atoms with Gasteiger partial charge in [0.2, 0.25) is 5.91 Å². The van der Waals surface area contributed by atoms with Crippen LogP contribution in [0.1, 0.15) is 43.2 Å². The Bertz CT molecular complexity index is 622. The van der Waals surface area contributed by atoms with Crippen molar-refractivity contribution in [2.24, 2.45) is 0 Å². The molecule has 0 aliphatic rings. The van der Waals surface area contributed by atoms with Crippen molar-refractivity contribution in [1.29, 1.82) is 0 Å². The van der Waals surface area contributed by atoms with E-state index in [-0.39, 0.29) is 5.91 Å². The fourth-order valence-electron chi connectivity index (χ4n) is 2.11. The molecule has 0 saturated heterocycles. The van der Waals surface area contributed by atoms with Gasteiger partial charge < -0.3 is 5.32 Å². The molecule has 0 bridgehead atoms. The number of aromatic nitrogens is 1. The van der Waals surface area contributed by atoms with Gasteiger partial charge in [0.15, 0.2) is 0 Å². The zero-order chi connectivity index (χ0) is 15.9. The molecule has 0 unspecified atom stereocenters. The van der Waals surface area contributed by atoms with Crippen LogP contribution in [0.3, 0.4) is 0 Å². The van der Waals surface area contributed by atoms with Crippen molar-refractivity contribution in [3.05, 3.63) is 39.9 Å². The summed E-state index contributed by atoms with van der Waals surface area (Å²) in [6.45, 7) is 4.67. The Hall–Kier alpha value is -1.39. The maximum atomic E-state index is 11.8. The lowest BCUT2D eigenvalue weighted by molar-refractivity contribution is -0.121. The highest BCUT2D eigenvalue weighted by atomic mass is 35.5. The standard InChI is InChI=1S/C17H21ClN2OS/c1-3-4-5-6-16(21)19-11-15-12(2)20-17(22-15)13-7-9-14(18)10-8-13/h7-10H,3-6,11H2,1-2H3,(H,19,21). The SMILES string of the molecule is CCCCCC(=O)NCc1sc(-c2ccc(Cl)cc2)nc1C. The molecule has 1 amide bonds. The molecule has 2 rings (SSSR count). The van der Waals surface area contributed by atoms with Crippen LogP contribution in [0.4, 0.5) is 0 Å². The van der Waals surface area contributed by atoms with E-state index >= 15 is 0 Å². The Balaban J connectivity index is 1.95. The molecule has 3 nitrogen and oxygen atoms in total. The summed E-state index contributed by atoms with van der Waals surface area (Å²) < 4.78 is 0. The first kappa shape index (κ1) is 17.0. The first-order valence-electron chi connectivity index (χ1n) is 7.59. The average Bonchev–Trinajstić information content (AvgIpc) is 2.87. The molecular weight excluding hydrogens is 316 g/mol. The molecule has 1 aromatic carbocycles. The van der Waals surface area contributed by atoms with Gasteiger partial charge in [0.05, 0.1) is 12.2 Å². The minimum absolute atomic E-state index is 0.120. The second-order valence-electron chi connectivity index (χ2n) is 5.27. The summed E-state index contributed by atoms with van der Waals surface area (Å²) in [6, 6.07) is 7.66. The Morgan fingerprint density at radius 3 is 2.68 bits per heavy atom. The van der Waals surface area contributed by atoms with E-state index in [1.54, 1.807) is 11.3 Å². The molecule has 0 atom stereocenters. The van der Waals surface area contributed by atoms with Crippen LogP contribution in [0.5, 0.6) is 0 Å². The van der Waals surface area contributed by atoms with E-state index < -0.39 is 0 Å². The molecule has 0 aliphatic heterocycles. The van der Waals surface area contributed by atoms with Crippen molar-refractivity contribution in [3.63, 3.8) is 0 Å². The van der Waals surface area contributed by atoms with E-state index in [0.29, 0.717) is 13.0 Å². The van der Waals surface area contributed by atoms with Crippen molar-refractivity contribution in [2.75, 3.05) is 0 Å². The predicted molar refractivity (Wildman–Crippen MR) is 93.3 cm³/mol. The number of unbranched alkanes of at least 4 members (excludes halogenated alkanes) is 2. The number of amides is 1. The van der Waals surface area contributed by atoms with Crippen LogP contribution in [0.15, 0.2) is 24.3 Å². The third-order valence-electron chi connectivity index (χ3n) is 3.44. The van der Waals surface area contributed by atoms with Gasteiger partial charge in [0.25, 0.3) is 0 Å². The number of halogens is 1. The molecule has 0 fully saturated rings. The molecule has 0 radical (unpaired) electrons. The van der Waals surface area contributed by atoms with E-state index in [4.69, 9.17) is 11.6 Å². The topological polar surface area (TPSA) is 42.0 Å². The van der Waals surface area contributed by atoms with Crippen LogP contribution in [0, 0.1) is 6.92 Å². The smallest absolute Gasteiger partial charge is 0.220 e. The minimum Gasteiger partial charge on any atom is -0.351 e. The van der Waals surface area contributed by atoms with Gasteiger partial charge in [0.1, 0.15) is 5.01 Å². The van der Waals surface area contributed by atoms with Crippen LogP contribution in [-0.4, -0.2) is 10.9 Å². The molecule has 0 saturated carbocycles. The number of carbonyl (C=O) groups is 1. The first-order chi connectivity index (χ1) is 10.6. The van der Waals surface area contributed by atoms with Crippen LogP contribution in [-0.2, 0) is 11.3 Å². The number of hydrogen-bond donors (Lipinski definition) is 1. The van der Waals surface area contributed by atoms with Crippen molar-refractivity contribution in [2.45, 2.75) is 46.1 Å². The lowest BCUT2D eigenvalue weighted by Crippen LogP contribution is -2.22. The minimum atomic E-state index is 0.120. The molecule has 22 heavy (non-hydrogen) atoms. The maximum Gasteiger partial charge on any atom is 0.220 e. The molecule has 118 valence electrons. The quantitative estimate of drug-likeness (QED) is 0.725. The van der Waals surface area contributed by atoms with Crippen LogP contribution in [0.2, 0.25) is 5.02 Å². The second-order valence-corrected chi connectivity index (χ2v) is 6.79. The second kappa shape index (κ2) is 8.30. The molecular formula is C17H21ClN2OS. The summed E-state index contributed by atoms with van der Waals surface area (Å²) in [4.78, 5) is 17.5. The van der Waals surface area contributed by atoms with Gasteiger partial charge in [-0.25, -0.2) is 4.98 Å². The zero-order valence-electron chi connectivity index (χ0n) is 13.0. The van der Waals surface area contributed by atoms with Gasteiger partial charge in [-0.1, -0.05) is 43.5 Å². The van der Waals surface area contributed by atoms with Crippen LogP contribution >= 0.6 is 22.9 Å². The van der Waals surface area contributed by atoms with Gasteiger partial charge >= 0.3 is 0 Å². The lowest BCUT2D eigenvalue weighted by Gasteiger charge is -2.03. The average molecular weight is 337 g/mol. The van der Waals surface area contributed by atoms with Crippen molar-refractivity contribution in [3.8, 4) is 10.6 Å². The Kier molecular flexibility index (Phi) is 6.40. The predicted octanol–water partition coefficient (Wildman–Crippen LogP) is 4.97. The fraction of sp³-hybridized carbons (Fsp3) is 0.412. The van der Waals surface area contributed by atoms with E-state index in [0.717, 1.165) is 45.4 Å². The number of carbonyl (C=O) groups excluding carboxylic acids is 1. The number of rotatable bonds is 7. The van der Waals surface area contributed by atoms with Gasteiger partial charge in [-0.2, -0.15) is 0 Å². The number of benzene rings is 1. The van der Waals surface area contributed by atoms with E-state index in [2.05, 4.69) is 17.2 Å². The van der Waals surface area contributed by atoms with Gasteiger partial charge in [0, 0.05) is 21.9 Å². The Morgan fingerprint density at radius 2 is 2.00 bits per heavy atom. The molecule has 1 N–H and O–H groups in total. The lowest BCUT2D eigenvalue weighted by atomic mass is 10.2. The Morgan fingerprint density at radius 1 is 1.27 bits per heavy atom. The van der Waals surface area contributed by atoms with E-state index in [1.165, 1.54) is 0 Å². The van der Waals surface area contributed by atoms with E-state index in [9.17, 15) is 4.79 Å². The highest BCUT2D eigenvalue weighted by Gasteiger charge is 2.10. The summed E-state index contributed by atoms with van der Waals surface area (Å²) in [5.74, 6) is 0.120. The summed E-state index contributed by atoms with van der Waals surface area (Å²) in [7, 11) is 0. The number of thiazole rings is 1. The Labute approximate surface area is 140 Å². The van der Waals surface area contributed by atoms with Crippen LogP contribution in [0.25, 0.3) is 10.6 Å². The summed E-state index contributed by atoms with van der Waals surface area (Å²) >= 11 is 7.53. The molecule has 5 heteroatoms. The molecule has 0 spiro atoms. The molecule has 1 heterocycles.